The molecule has 0 aliphatic rings. The number of nitrogens with one attached hydrogen (secondary N) is 1. The number of hydrogen-bond donors (Lipinski definition) is 1. The van der Waals surface area contributed by atoms with Gasteiger partial charge in [0.25, 0.3) is 0 Å². The fourth-order valence-corrected chi connectivity index (χ4v) is 3.98. The van der Waals surface area contributed by atoms with E-state index in [-0.39, 0.29) is 11.2 Å². The summed E-state index contributed by atoms with van der Waals surface area (Å²) >= 11 is 1.54. The van der Waals surface area contributed by atoms with Crippen LogP contribution in [0.2, 0.25) is 0 Å². The highest BCUT2D eigenvalue weighted by Crippen LogP contribution is 2.36. The molecule has 5 heteroatoms. The molecule has 3 rings (SSSR count). The number of rotatable bonds is 11. The average molecular weight is 422 g/mol. The topological polar surface area (TPSA) is 47.6 Å². The highest BCUT2D eigenvalue weighted by molar-refractivity contribution is 8.00. The van der Waals surface area contributed by atoms with E-state index in [4.69, 9.17) is 9.47 Å². The summed E-state index contributed by atoms with van der Waals surface area (Å²) in [5, 5.41) is 2.72. The van der Waals surface area contributed by atoms with E-state index in [0.717, 1.165) is 21.7 Å². The van der Waals surface area contributed by atoms with Gasteiger partial charge in [0.1, 0.15) is 5.25 Å². The van der Waals surface area contributed by atoms with Crippen molar-refractivity contribution in [1.82, 2.24) is 0 Å². The van der Waals surface area contributed by atoms with Crippen molar-refractivity contribution in [2.24, 2.45) is 0 Å². The van der Waals surface area contributed by atoms with Gasteiger partial charge in [0.15, 0.2) is 0 Å². The van der Waals surface area contributed by atoms with Crippen molar-refractivity contribution in [2.45, 2.75) is 23.7 Å². The Morgan fingerprint density at radius 1 is 0.900 bits per heavy atom. The first-order chi connectivity index (χ1) is 14.8. The van der Waals surface area contributed by atoms with Crippen molar-refractivity contribution < 1.29 is 14.3 Å². The molecule has 0 aliphatic heterocycles. The standard InChI is InChI=1S/C25H27NO3S/c1-2-28-16-17-29-19-20-10-9-13-22(18-20)26-25(27)24(21-11-5-3-6-12-21)30-23-14-7-4-8-15-23/h3-15,18,24H,2,16-17,19H2,1H3,(H,26,27). The Balaban J connectivity index is 1.67. The van der Waals surface area contributed by atoms with Crippen LogP contribution >= 0.6 is 11.8 Å². The average Bonchev–Trinajstić information content (AvgIpc) is 2.79. The number of benzene rings is 3. The molecule has 3 aromatic carbocycles. The van der Waals surface area contributed by atoms with Crippen LogP contribution in [0.4, 0.5) is 5.69 Å². The molecule has 1 amide bonds. The summed E-state index contributed by atoms with van der Waals surface area (Å²) in [7, 11) is 0. The van der Waals surface area contributed by atoms with Crippen molar-refractivity contribution in [3.63, 3.8) is 0 Å². The zero-order valence-corrected chi connectivity index (χ0v) is 17.9. The number of thioether (sulfide) groups is 1. The lowest BCUT2D eigenvalue weighted by Gasteiger charge is -2.17. The molecule has 0 fully saturated rings. The van der Waals surface area contributed by atoms with E-state index in [1.165, 1.54) is 0 Å². The Morgan fingerprint density at radius 2 is 1.60 bits per heavy atom. The molecular formula is C25H27NO3S. The lowest BCUT2D eigenvalue weighted by atomic mass is 10.1. The molecular weight excluding hydrogens is 394 g/mol. The molecule has 1 N–H and O–H groups in total. The quantitative estimate of drug-likeness (QED) is 0.318. The Hall–Kier alpha value is -2.60. The van der Waals surface area contributed by atoms with Crippen molar-refractivity contribution in [1.29, 1.82) is 0 Å². The third-order valence-electron chi connectivity index (χ3n) is 4.38. The molecule has 156 valence electrons. The first-order valence-corrected chi connectivity index (χ1v) is 11.0. The number of carbonyl (C=O) groups is 1. The first kappa shape index (κ1) is 22.1. The third-order valence-corrected chi connectivity index (χ3v) is 5.64. The van der Waals surface area contributed by atoms with Gasteiger partial charge in [0, 0.05) is 17.2 Å². The van der Waals surface area contributed by atoms with Gasteiger partial charge in [0.2, 0.25) is 5.91 Å². The monoisotopic (exact) mass is 421 g/mol. The number of carbonyl (C=O) groups excluding carboxylic acids is 1. The van der Waals surface area contributed by atoms with Gasteiger partial charge in [0.05, 0.1) is 19.8 Å². The SMILES string of the molecule is CCOCCOCc1cccc(NC(=O)C(Sc2ccccc2)c2ccccc2)c1. The fourth-order valence-electron chi connectivity index (χ4n) is 2.93. The molecule has 0 bridgehead atoms. The Kier molecular flexibility index (Phi) is 8.97. The van der Waals surface area contributed by atoms with Gasteiger partial charge in [-0.25, -0.2) is 0 Å². The van der Waals surface area contributed by atoms with Crippen molar-refractivity contribution in [3.05, 3.63) is 96.1 Å². The smallest absolute Gasteiger partial charge is 0.242 e. The van der Waals surface area contributed by atoms with Gasteiger partial charge < -0.3 is 14.8 Å². The first-order valence-electron chi connectivity index (χ1n) is 10.1. The largest absolute Gasteiger partial charge is 0.379 e. The van der Waals surface area contributed by atoms with E-state index < -0.39 is 0 Å². The molecule has 0 aromatic heterocycles. The van der Waals surface area contributed by atoms with Crippen LogP contribution in [0.5, 0.6) is 0 Å². The van der Waals surface area contributed by atoms with Gasteiger partial charge in [-0.15, -0.1) is 11.8 Å². The predicted octanol–water partition coefficient (Wildman–Crippen LogP) is 5.71. The maximum absolute atomic E-state index is 13.2. The maximum atomic E-state index is 13.2. The lowest BCUT2D eigenvalue weighted by molar-refractivity contribution is -0.115. The minimum Gasteiger partial charge on any atom is -0.379 e. The Bertz CT molecular complexity index is 903. The molecule has 30 heavy (non-hydrogen) atoms. The molecule has 0 heterocycles. The summed E-state index contributed by atoms with van der Waals surface area (Å²) in [6.45, 7) is 4.27. The second-order valence-electron chi connectivity index (χ2n) is 6.66. The molecule has 3 aromatic rings. The minimum absolute atomic E-state index is 0.0514. The molecule has 0 saturated carbocycles. The highest BCUT2D eigenvalue weighted by atomic mass is 32.2. The van der Waals surface area contributed by atoms with Crippen LogP contribution < -0.4 is 5.32 Å². The Labute approximate surface area is 182 Å². The molecule has 0 spiro atoms. The lowest BCUT2D eigenvalue weighted by Crippen LogP contribution is -2.19. The van der Waals surface area contributed by atoms with Gasteiger partial charge >= 0.3 is 0 Å². The number of anilines is 1. The van der Waals surface area contributed by atoms with Crippen LogP contribution in [0.25, 0.3) is 0 Å². The third kappa shape index (κ3) is 7.02. The van der Waals surface area contributed by atoms with E-state index in [1.807, 2.05) is 91.9 Å². The maximum Gasteiger partial charge on any atom is 0.242 e. The van der Waals surface area contributed by atoms with Crippen LogP contribution in [0, 0.1) is 0 Å². The zero-order valence-electron chi connectivity index (χ0n) is 17.1. The summed E-state index contributed by atoms with van der Waals surface area (Å²) in [6.07, 6.45) is 0. The van der Waals surface area contributed by atoms with Crippen LogP contribution in [0.3, 0.4) is 0 Å². The van der Waals surface area contributed by atoms with Crippen molar-refractivity contribution >= 4 is 23.4 Å². The van der Waals surface area contributed by atoms with Crippen LogP contribution in [0.15, 0.2) is 89.8 Å². The van der Waals surface area contributed by atoms with Crippen LogP contribution in [-0.4, -0.2) is 25.7 Å². The summed E-state index contributed by atoms with van der Waals surface area (Å²) in [5.74, 6) is -0.0514. The summed E-state index contributed by atoms with van der Waals surface area (Å²) in [6, 6.07) is 27.6. The highest BCUT2D eigenvalue weighted by Gasteiger charge is 2.22. The van der Waals surface area contributed by atoms with Gasteiger partial charge in [-0.3, -0.25) is 4.79 Å². The molecule has 1 atom stereocenters. The Morgan fingerprint density at radius 3 is 2.33 bits per heavy atom. The fraction of sp³-hybridized carbons (Fsp3) is 0.240. The number of amides is 1. The second kappa shape index (κ2) is 12.2. The molecule has 0 aliphatic carbocycles. The van der Waals surface area contributed by atoms with Gasteiger partial charge in [-0.2, -0.15) is 0 Å². The van der Waals surface area contributed by atoms with E-state index >= 15 is 0 Å². The number of hydrogen-bond acceptors (Lipinski definition) is 4. The van der Waals surface area contributed by atoms with E-state index in [0.29, 0.717) is 26.4 Å². The molecule has 1 unspecified atom stereocenters. The molecule has 0 radical (unpaired) electrons. The van der Waals surface area contributed by atoms with E-state index in [9.17, 15) is 4.79 Å². The summed E-state index contributed by atoms with van der Waals surface area (Å²) in [4.78, 5) is 14.2. The zero-order chi connectivity index (χ0) is 21.0. The van der Waals surface area contributed by atoms with Crippen LogP contribution in [-0.2, 0) is 20.9 Å². The number of ether oxygens (including phenoxy) is 2. The second-order valence-corrected chi connectivity index (χ2v) is 7.84. The predicted molar refractivity (Wildman–Crippen MR) is 123 cm³/mol. The summed E-state index contributed by atoms with van der Waals surface area (Å²) < 4.78 is 10.9. The molecule has 0 saturated heterocycles. The minimum atomic E-state index is -0.348. The van der Waals surface area contributed by atoms with E-state index in [2.05, 4.69) is 5.32 Å². The normalized spacial score (nSPS) is 11.8. The van der Waals surface area contributed by atoms with Crippen molar-refractivity contribution in [3.8, 4) is 0 Å². The molecule has 4 nitrogen and oxygen atoms in total. The summed E-state index contributed by atoms with van der Waals surface area (Å²) in [5.41, 5.74) is 2.75. The van der Waals surface area contributed by atoms with Crippen LogP contribution in [0.1, 0.15) is 23.3 Å². The van der Waals surface area contributed by atoms with Gasteiger partial charge in [-0.05, 0) is 42.3 Å². The van der Waals surface area contributed by atoms with Gasteiger partial charge in [-0.1, -0.05) is 60.7 Å². The van der Waals surface area contributed by atoms with E-state index in [1.54, 1.807) is 11.8 Å². The van der Waals surface area contributed by atoms with Crippen molar-refractivity contribution in [2.75, 3.05) is 25.1 Å².